The molecule has 1 aromatic carbocycles. The normalized spacial score (nSPS) is 13.7. The molecule has 10 heteroatoms. The minimum Gasteiger partial charge on any atom is -0.349 e. The number of sulfone groups is 1. The molecule has 1 rings (SSSR count). The number of sulfonamides is 1. The Bertz CT molecular complexity index is 759. The lowest BCUT2D eigenvalue weighted by Crippen LogP contribution is -2.37. The van der Waals surface area contributed by atoms with Gasteiger partial charge in [-0.2, -0.15) is 0 Å². The minimum absolute atomic E-state index is 0.0718. The lowest BCUT2D eigenvalue weighted by molar-refractivity contribution is 0.0943. The number of nitrogens with two attached hydrogens (primary N) is 1. The maximum absolute atomic E-state index is 12.0. The molecule has 0 aliphatic rings. The van der Waals surface area contributed by atoms with Crippen LogP contribution in [-0.4, -0.2) is 40.8 Å². The van der Waals surface area contributed by atoms with E-state index in [1.165, 1.54) is 12.1 Å². The molecule has 0 aromatic heterocycles. The maximum atomic E-state index is 12.0. The summed E-state index contributed by atoms with van der Waals surface area (Å²) in [6, 6.07) is 3.31. The third kappa shape index (κ3) is 5.73. The van der Waals surface area contributed by atoms with Crippen LogP contribution in [0.15, 0.2) is 27.6 Å². The first kappa shape index (κ1) is 18.1. The first-order valence-electron chi connectivity index (χ1n) is 5.71. The van der Waals surface area contributed by atoms with Gasteiger partial charge < -0.3 is 5.32 Å². The number of hydrogen-bond acceptors (Lipinski definition) is 5. The maximum Gasteiger partial charge on any atom is 0.251 e. The highest BCUT2D eigenvalue weighted by Gasteiger charge is 2.18. The highest BCUT2D eigenvalue weighted by molar-refractivity contribution is 9.10. The van der Waals surface area contributed by atoms with Crippen LogP contribution in [0.4, 0.5) is 0 Å². The molecule has 1 aromatic rings. The van der Waals surface area contributed by atoms with Gasteiger partial charge in [-0.05, 0) is 41.1 Å². The lowest BCUT2D eigenvalue weighted by Gasteiger charge is -2.13. The van der Waals surface area contributed by atoms with Gasteiger partial charge in [0, 0.05) is 22.3 Å². The number of benzene rings is 1. The van der Waals surface area contributed by atoms with Crippen molar-refractivity contribution in [3.8, 4) is 0 Å². The average molecular weight is 399 g/mol. The highest BCUT2D eigenvalue weighted by atomic mass is 79.9. The number of primary sulfonamides is 1. The van der Waals surface area contributed by atoms with Crippen molar-refractivity contribution >= 4 is 41.7 Å². The molecule has 1 unspecified atom stereocenters. The Morgan fingerprint density at radius 2 is 1.90 bits per heavy atom. The molecule has 118 valence electrons. The summed E-state index contributed by atoms with van der Waals surface area (Å²) in [5, 5.41) is 7.52. The molecule has 0 fully saturated rings. The number of halogens is 1. The predicted octanol–water partition coefficient (Wildman–Crippen LogP) is 0.259. The molecule has 0 radical (unpaired) electrons. The van der Waals surface area contributed by atoms with Gasteiger partial charge in [0.25, 0.3) is 5.91 Å². The molecule has 0 saturated carbocycles. The third-order valence-electron chi connectivity index (χ3n) is 2.43. The molecule has 21 heavy (non-hydrogen) atoms. The molecule has 0 aliphatic heterocycles. The number of rotatable bonds is 5. The quantitative estimate of drug-likeness (QED) is 0.735. The van der Waals surface area contributed by atoms with Crippen molar-refractivity contribution in [3.63, 3.8) is 0 Å². The van der Waals surface area contributed by atoms with Crippen LogP contribution in [0.2, 0.25) is 0 Å². The number of hydrogen-bond donors (Lipinski definition) is 2. The monoisotopic (exact) mass is 398 g/mol. The summed E-state index contributed by atoms with van der Waals surface area (Å²) in [7, 11) is -7.20. The van der Waals surface area contributed by atoms with E-state index in [0.717, 1.165) is 12.3 Å². The Labute approximate surface area is 132 Å². The fraction of sp³-hybridized carbons (Fsp3) is 0.364. The number of amides is 1. The van der Waals surface area contributed by atoms with Crippen LogP contribution in [0.1, 0.15) is 17.3 Å². The number of carbonyl (C=O) groups excluding carboxylic acids is 1. The fourth-order valence-corrected chi connectivity index (χ4v) is 4.21. The smallest absolute Gasteiger partial charge is 0.251 e. The van der Waals surface area contributed by atoms with Crippen LogP contribution in [0.3, 0.4) is 0 Å². The van der Waals surface area contributed by atoms with E-state index in [9.17, 15) is 21.6 Å². The summed E-state index contributed by atoms with van der Waals surface area (Å²) in [6.07, 6.45) is 1.06. The first-order chi connectivity index (χ1) is 9.40. The number of nitrogens with one attached hydrogen (secondary N) is 1. The topological polar surface area (TPSA) is 123 Å². The zero-order chi connectivity index (χ0) is 16.4. The van der Waals surface area contributed by atoms with Gasteiger partial charge >= 0.3 is 0 Å². The Balaban J connectivity index is 2.99. The molecule has 1 amide bonds. The van der Waals surface area contributed by atoms with E-state index in [1.54, 1.807) is 6.92 Å². The van der Waals surface area contributed by atoms with Gasteiger partial charge in [-0.1, -0.05) is 0 Å². The zero-order valence-electron chi connectivity index (χ0n) is 11.3. The zero-order valence-corrected chi connectivity index (χ0v) is 14.5. The van der Waals surface area contributed by atoms with Crippen molar-refractivity contribution in [2.45, 2.75) is 17.9 Å². The summed E-state index contributed by atoms with van der Waals surface area (Å²) >= 11 is 3.04. The molecule has 0 heterocycles. The van der Waals surface area contributed by atoms with Gasteiger partial charge in [-0.3, -0.25) is 4.79 Å². The molecule has 0 bridgehead atoms. The number of carbonyl (C=O) groups is 1. The van der Waals surface area contributed by atoms with Crippen LogP contribution in [-0.2, 0) is 19.9 Å². The van der Waals surface area contributed by atoms with Crippen LogP contribution in [0.25, 0.3) is 0 Å². The van der Waals surface area contributed by atoms with Crippen molar-refractivity contribution in [2.24, 2.45) is 5.14 Å². The van der Waals surface area contributed by atoms with Gasteiger partial charge in [0.05, 0.1) is 10.6 Å². The Morgan fingerprint density at radius 1 is 1.33 bits per heavy atom. The van der Waals surface area contributed by atoms with Crippen molar-refractivity contribution in [3.05, 3.63) is 28.2 Å². The standard InChI is InChI=1S/C11H15BrN2O5S2/c1-7(6-20(2,16)17)14-11(15)8-3-4-9(12)10(5-8)21(13,18)19/h3-5,7H,6H2,1-2H3,(H,14,15)(H2,13,18,19). The molecular formula is C11H15BrN2O5S2. The van der Waals surface area contributed by atoms with Gasteiger partial charge in [0.1, 0.15) is 9.84 Å². The molecule has 3 N–H and O–H groups in total. The van der Waals surface area contributed by atoms with E-state index in [1.807, 2.05) is 0 Å². The van der Waals surface area contributed by atoms with Gasteiger partial charge in [0.15, 0.2) is 0 Å². The Morgan fingerprint density at radius 3 is 2.38 bits per heavy atom. The molecule has 7 nitrogen and oxygen atoms in total. The van der Waals surface area contributed by atoms with E-state index < -0.39 is 31.8 Å². The van der Waals surface area contributed by atoms with E-state index in [2.05, 4.69) is 21.2 Å². The van der Waals surface area contributed by atoms with E-state index in [-0.39, 0.29) is 20.7 Å². The van der Waals surface area contributed by atoms with Gasteiger partial charge in [-0.25, -0.2) is 22.0 Å². The lowest BCUT2D eigenvalue weighted by atomic mass is 10.2. The summed E-state index contributed by atoms with van der Waals surface area (Å²) in [6.45, 7) is 1.54. The first-order valence-corrected chi connectivity index (χ1v) is 10.1. The summed E-state index contributed by atoms with van der Waals surface area (Å²) in [5.74, 6) is -0.791. The van der Waals surface area contributed by atoms with Crippen molar-refractivity contribution in [1.82, 2.24) is 5.32 Å². The van der Waals surface area contributed by atoms with Crippen molar-refractivity contribution in [2.75, 3.05) is 12.0 Å². The molecule has 1 atom stereocenters. The van der Waals surface area contributed by atoms with Crippen molar-refractivity contribution in [1.29, 1.82) is 0 Å². The van der Waals surface area contributed by atoms with Crippen LogP contribution >= 0.6 is 15.9 Å². The molecule has 0 aliphatic carbocycles. The second-order valence-corrected chi connectivity index (χ2v) is 9.23. The summed E-state index contributed by atoms with van der Waals surface area (Å²) in [5.41, 5.74) is 0.0718. The van der Waals surface area contributed by atoms with Gasteiger partial charge in [-0.15, -0.1) is 0 Å². The fourth-order valence-electron chi connectivity index (χ4n) is 1.67. The highest BCUT2D eigenvalue weighted by Crippen LogP contribution is 2.22. The third-order valence-corrected chi connectivity index (χ3v) is 5.44. The minimum atomic E-state index is -3.97. The molecule has 0 spiro atoms. The van der Waals surface area contributed by atoms with Crippen LogP contribution in [0, 0.1) is 0 Å². The van der Waals surface area contributed by atoms with Crippen molar-refractivity contribution < 1.29 is 21.6 Å². The Hall–Kier alpha value is -0.970. The second kappa shape index (κ2) is 6.42. The van der Waals surface area contributed by atoms with Gasteiger partial charge in [0.2, 0.25) is 10.0 Å². The Kier molecular flexibility index (Phi) is 5.53. The SMILES string of the molecule is CC(CS(C)(=O)=O)NC(=O)c1ccc(Br)c(S(N)(=O)=O)c1. The summed E-state index contributed by atoms with van der Waals surface area (Å²) in [4.78, 5) is 11.8. The van der Waals surface area contributed by atoms with E-state index in [4.69, 9.17) is 5.14 Å². The predicted molar refractivity (Wildman–Crippen MR) is 82.2 cm³/mol. The van der Waals surface area contributed by atoms with E-state index in [0.29, 0.717) is 0 Å². The van der Waals surface area contributed by atoms with Crippen LogP contribution < -0.4 is 10.5 Å². The van der Waals surface area contributed by atoms with E-state index >= 15 is 0 Å². The largest absolute Gasteiger partial charge is 0.349 e. The molecule has 0 saturated heterocycles. The second-order valence-electron chi connectivity index (χ2n) is 4.66. The molecular weight excluding hydrogens is 384 g/mol. The average Bonchev–Trinajstić information content (AvgIpc) is 2.24. The summed E-state index contributed by atoms with van der Waals surface area (Å²) < 4.78 is 45.3. The van der Waals surface area contributed by atoms with Crippen LogP contribution in [0.5, 0.6) is 0 Å².